The van der Waals surface area contributed by atoms with Crippen LogP contribution in [0, 0.1) is 0 Å². The number of halogens is 2. The highest BCUT2D eigenvalue weighted by Crippen LogP contribution is 2.29. The maximum Gasteiger partial charge on any atom is 0.228 e. The smallest absolute Gasteiger partial charge is 0.228 e. The Kier molecular flexibility index (Phi) is 4.17. The summed E-state index contributed by atoms with van der Waals surface area (Å²) in [6, 6.07) is 5.29. The van der Waals surface area contributed by atoms with Crippen LogP contribution in [0.4, 0.5) is 5.69 Å². The Bertz CT molecular complexity index is 365. The fourth-order valence-electron chi connectivity index (χ4n) is 0.933. The maximum absolute atomic E-state index is 11.2. The number of benzene rings is 1. The predicted octanol–water partition coefficient (Wildman–Crippen LogP) is 3.62. The largest absolute Gasteiger partial charge is 0.325 e. The lowest BCUT2D eigenvalue weighted by Gasteiger charge is -2.06. The summed E-state index contributed by atoms with van der Waals surface area (Å²) in [5.41, 5.74) is 0.671. The molecule has 0 spiro atoms. The summed E-state index contributed by atoms with van der Waals surface area (Å²) in [5.74, 6) is -0.108. The van der Waals surface area contributed by atoms with Crippen LogP contribution in [0.2, 0.25) is 5.02 Å². The quantitative estimate of drug-likeness (QED) is 0.838. The summed E-state index contributed by atoms with van der Waals surface area (Å²) in [5, 5.41) is 3.28. The molecule has 14 heavy (non-hydrogen) atoms. The summed E-state index contributed by atoms with van der Waals surface area (Å²) in [4.78, 5) is 11.2. The summed E-state index contributed by atoms with van der Waals surface area (Å²) in [6.07, 6.45) is 1.84. The number of anilines is 1. The minimum absolute atomic E-state index is 0.108. The average Bonchev–Trinajstić information content (AvgIpc) is 2.13. The third kappa shape index (κ3) is 2.86. The van der Waals surface area contributed by atoms with Gasteiger partial charge in [0, 0.05) is 6.42 Å². The molecular weight excluding hydrogens is 265 g/mol. The van der Waals surface area contributed by atoms with Crippen LogP contribution in [0.1, 0.15) is 6.42 Å². The fourth-order valence-corrected chi connectivity index (χ4v) is 1.47. The van der Waals surface area contributed by atoms with Crippen LogP contribution in [0.15, 0.2) is 35.3 Å². The normalized spacial score (nSPS) is 9.57. The molecule has 0 unspecified atom stereocenters. The molecule has 0 atom stereocenters. The van der Waals surface area contributed by atoms with Crippen LogP contribution in [0.5, 0.6) is 0 Å². The second-order valence-electron chi connectivity index (χ2n) is 2.64. The van der Waals surface area contributed by atoms with Gasteiger partial charge in [-0.3, -0.25) is 4.79 Å². The van der Waals surface area contributed by atoms with Crippen LogP contribution in [-0.2, 0) is 4.79 Å². The predicted molar refractivity (Wildman–Crippen MR) is 62.6 cm³/mol. The first-order valence-electron chi connectivity index (χ1n) is 4.00. The van der Waals surface area contributed by atoms with Gasteiger partial charge in [-0.2, -0.15) is 0 Å². The highest BCUT2D eigenvalue weighted by Gasteiger charge is 2.05. The van der Waals surface area contributed by atoms with Crippen molar-refractivity contribution in [2.75, 3.05) is 5.32 Å². The summed E-state index contributed by atoms with van der Waals surface area (Å²) < 4.78 is 0.694. The van der Waals surface area contributed by atoms with Crippen molar-refractivity contribution in [1.29, 1.82) is 0 Å². The van der Waals surface area contributed by atoms with Crippen molar-refractivity contribution in [2.45, 2.75) is 6.42 Å². The summed E-state index contributed by atoms with van der Waals surface area (Å²) in [7, 11) is 0. The lowest BCUT2D eigenvalue weighted by Crippen LogP contribution is -2.10. The third-order valence-electron chi connectivity index (χ3n) is 1.56. The van der Waals surface area contributed by atoms with Crippen molar-refractivity contribution < 1.29 is 4.79 Å². The van der Waals surface area contributed by atoms with Crippen LogP contribution in [-0.4, -0.2) is 5.91 Å². The highest BCUT2D eigenvalue weighted by atomic mass is 79.9. The van der Waals surface area contributed by atoms with E-state index in [-0.39, 0.29) is 5.91 Å². The van der Waals surface area contributed by atoms with E-state index in [0.717, 1.165) is 0 Å². The topological polar surface area (TPSA) is 29.1 Å². The zero-order valence-corrected chi connectivity index (χ0v) is 9.73. The Balaban J connectivity index is 2.81. The molecule has 0 heterocycles. The van der Waals surface area contributed by atoms with E-state index in [2.05, 4.69) is 27.8 Å². The molecule has 0 bridgehead atoms. The van der Waals surface area contributed by atoms with Gasteiger partial charge in [-0.05, 0) is 28.1 Å². The molecule has 1 amide bonds. The van der Waals surface area contributed by atoms with E-state index in [1.807, 2.05) is 0 Å². The van der Waals surface area contributed by atoms with Crippen molar-refractivity contribution in [3.8, 4) is 0 Å². The van der Waals surface area contributed by atoms with E-state index in [1.165, 1.54) is 0 Å². The van der Waals surface area contributed by atoms with E-state index in [9.17, 15) is 4.79 Å². The molecule has 0 aliphatic rings. The standard InChI is InChI=1S/C10H9BrClNO/c1-2-4-9(14)13-8-6-3-5-7(12)10(8)11/h2-3,5-6H,1,4H2,(H,13,14). The molecule has 1 N–H and O–H groups in total. The number of rotatable bonds is 3. The first kappa shape index (κ1) is 11.3. The van der Waals surface area contributed by atoms with Gasteiger partial charge in [0.2, 0.25) is 5.91 Å². The molecule has 1 aromatic carbocycles. The van der Waals surface area contributed by atoms with Gasteiger partial charge >= 0.3 is 0 Å². The van der Waals surface area contributed by atoms with Crippen molar-refractivity contribution in [1.82, 2.24) is 0 Å². The maximum atomic E-state index is 11.2. The molecule has 0 saturated carbocycles. The van der Waals surface area contributed by atoms with Crippen molar-refractivity contribution >= 4 is 39.1 Å². The van der Waals surface area contributed by atoms with E-state index in [0.29, 0.717) is 21.6 Å². The average molecular weight is 275 g/mol. The van der Waals surface area contributed by atoms with Gasteiger partial charge in [-0.1, -0.05) is 23.7 Å². The number of carbonyl (C=O) groups is 1. The zero-order chi connectivity index (χ0) is 10.6. The molecule has 2 nitrogen and oxygen atoms in total. The van der Waals surface area contributed by atoms with E-state index >= 15 is 0 Å². The second kappa shape index (κ2) is 5.17. The molecule has 0 saturated heterocycles. The number of hydrogen-bond donors (Lipinski definition) is 1. The van der Waals surface area contributed by atoms with Gasteiger partial charge in [0.25, 0.3) is 0 Å². The number of carbonyl (C=O) groups excluding carboxylic acids is 1. The van der Waals surface area contributed by atoms with Crippen LogP contribution in [0.25, 0.3) is 0 Å². The minimum atomic E-state index is -0.108. The molecular formula is C10H9BrClNO. The molecule has 0 fully saturated rings. The Morgan fingerprint density at radius 1 is 1.64 bits per heavy atom. The Morgan fingerprint density at radius 2 is 2.36 bits per heavy atom. The second-order valence-corrected chi connectivity index (χ2v) is 3.84. The first-order valence-corrected chi connectivity index (χ1v) is 5.17. The molecule has 0 radical (unpaired) electrons. The first-order chi connectivity index (χ1) is 6.65. The highest BCUT2D eigenvalue weighted by molar-refractivity contribution is 9.10. The van der Waals surface area contributed by atoms with Crippen molar-refractivity contribution in [2.24, 2.45) is 0 Å². The molecule has 74 valence electrons. The van der Waals surface area contributed by atoms with Gasteiger partial charge in [0.05, 0.1) is 15.2 Å². The Hall–Kier alpha value is -0.800. The monoisotopic (exact) mass is 273 g/mol. The summed E-state index contributed by atoms with van der Waals surface area (Å²) >= 11 is 9.14. The SMILES string of the molecule is C=CCC(=O)Nc1cccc(Cl)c1Br. The number of hydrogen-bond acceptors (Lipinski definition) is 1. The van der Waals surface area contributed by atoms with Gasteiger partial charge in [0.15, 0.2) is 0 Å². The van der Waals surface area contributed by atoms with Crippen LogP contribution in [0.3, 0.4) is 0 Å². The minimum Gasteiger partial charge on any atom is -0.325 e. The van der Waals surface area contributed by atoms with Crippen LogP contribution < -0.4 is 5.32 Å². The third-order valence-corrected chi connectivity index (χ3v) is 2.95. The Labute approximate surface area is 96.1 Å². The fraction of sp³-hybridized carbons (Fsp3) is 0.100. The lowest BCUT2D eigenvalue weighted by atomic mass is 10.3. The lowest BCUT2D eigenvalue weighted by molar-refractivity contribution is -0.115. The van der Waals surface area contributed by atoms with Gasteiger partial charge < -0.3 is 5.32 Å². The van der Waals surface area contributed by atoms with E-state index in [4.69, 9.17) is 11.6 Å². The molecule has 0 aromatic heterocycles. The number of nitrogens with one attached hydrogen (secondary N) is 1. The van der Waals surface area contributed by atoms with Gasteiger partial charge in [0.1, 0.15) is 0 Å². The zero-order valence-electron chi connectivity index (χ0n) is 7.39. The number of amides is 1. The van der Waals surface area contributed by atoms with E-state index < -0.39 is 0 Å². The molecule has 4 heteroatoms. The van der Waals surface area contributed by atoms with Crippen molar-refractivity contribution in [3.05, 3.63) is 40.3 Å². The molecule has 0 aliphatic heterocycles. The van der Waals surface area contributed by atoms with Crippen LogP contribution >= 0.6 is 27.5 Å². The Morgan fingerprint density at radius 3 is 3.00 bits per heavy atom. The van der Waals surface area contributed by atoms with E-state index in [1.54, 1.807) is 24.3 Å². The van der Waals surface area contributed by atoms with Gasteiger partial charge in [-0.25, -0.2) is 0 Å². The summed E-state index contributed by atoms with van der Waals surface area (Å²) in [6.45, 7) is 3.48. The molecule has 0 aliphatic carbocycles. The molecule has 1 rings (SSSR count). The molecule has 1 aromatic rings. The van der Waals surface area contributed by atoms with Gasteiger partial charge in [-0.15, -0.1) is 6.58 Å². The van der Waals surface area contributed by atoms with Crippen molar-refractivity contribution in [3.63, 3.8) is 0 Å².